The molecule has 0 radical (unpaired) electrons. The number of hydrogen-bond acceptors (Lipinski definition) is 6. The van der Waals surface area contributed by atoms with Crippen LogP contribution in [0.4, 0.5) is 11.4 Å². The van der Waals surface area contributed by atoms with Crippen LogP contribution in [0.25, 0.3) is 27.8 Å². The minimum absolute atomic E-state index is 0.0979. The highest BCUT2D eigenvalue weighted by molar-refractivity contribution is 9.10. The van der Waals surface area contributed by atoms with Gasteiger partial charge in [0.15, 0.2) is 4.67 Å². The van der Waals surface area contributed by atoms with Gasteiger partial charge < -0.3 is 14.3 Å². The standard InChI is InChI=1S/C25H18BrN5O5/c1-28-22-19(24(32)29(2)25(28)33)21(13-6-4-3-5-7-13)30-16-12-14(31(34)35)8-9-15(16)27-20(23(22)30)17-10-11-18(26)36-17/h3-12,20,27H,1-2H3. The second-order valence-electron chi connectivity index (χ2n) is 8.54. The SMILES string of the molecule is Cn1c(=O)c2c(-c3ccccc3)n3c(c2n(C)c1=O)C(c1ccc(Br)o1)Nc1ccc([N+](=O)[O-])cc1-3. The smallest absolute Gasteiger partial charge is 0.331 e. The number of nitro benzene ring substituents is 1. The molecule has 0 saturated heterocycles. The first-order valence-electron chi connectivity index (χ1n) is 11.0. The molecule has 10 nitrogen and oxygen atoms in total. The number of benzene rings is 2. The van der Waals surface area contributed by atoms with Gasteiger partial charge in [0.25, 0.3) is 11.2 Å². The number of rotatable bonds is 3. The van der Waals surface area contributed by atoms with Gasteiger partial charge in [-0.2, -0.15) is 0 Å². The maximum Gasteiger partial charge on any atom is 0.331 e. The molecular weight excluding hydrogens is 530 g/mol. The zero-order chi connectivity index (χ0) is 25.3. The lowest BCUT2D eigenvalue weighted by Crippen LogP contribution is -2.37. The van der Waals surface area contributed by atoms with Gasteiger partial charge in [-0.05, 0) is 39.7 Å². The quantitative estimate of drug-likeness (QED) is 0.263. The highest BCUT2D eigenvalue weighted by Crippen LogP contribution is 2.46. The first-order chi connectivity index (χ1) is 17.3. The van der Waals surface area contributed by atoms with E-state index < -0.39 is 22.2 Å². The van der Waals surface area contributed by atoms with Gasteiger partial charge >= 0.3 is 5.69 Å². The van der Waals surface area contributed by atoms with E-state index in [-0.39, 0.29) is 5.69 Å². The Morgan fingerprint density at radius 3 is 2.44 bits per heavy atom. The Hall–Kier alpha value is -4.38. The van der Waals surface area contributed by atoms with E-state index in [2.05, 4.69) is 21.2 Å². The number of nitrogens with one attached hydrogen (secondary N) is 1. The van der Waals surface area contributed by atoms with E-state index in [1.165, 1.54) is 23.7 Å². The maximum absolute atomic E-state index is 13.6. The van der Waals surface area contributed by atoms with E-state index in [4.69, 9.17) is 4.42 Å². The Bertz CT molecular complexity index is 1830. The van der Waals surface area contributed by atoms with Crippen LogP contribution in [0, 0.1) is 10.1 Å². The Morgan fingerprint density at radius 1 is 1.03 bits per heavy atom. The first-order valence-corrected chi connectivity index (χ1v) is 11.8. The minimum atomic E-state index is -0.595. The molecule has 3 aromatic heterocycles. The number of aromatic nitrogens is 3. The predicted octanol–water partition coefficient (Wildman–Crippen LogP) is 4.47. The van der Waals surface area contributed by atoms with Crippen molar-refractivity contribution in [3.8, 4) is 16.9 Å². The van der Waals surface area contributed by atoms with Crippen molar-refractivity contribution in [1.82, 2.24) is 13.7 Å². The number of fused-ring (bicyclic) bond motifs is 5. The van der Waals surface area contributed by atoms with Crippen LogP contribution in [-0.4, -0.2) is 18.6 Å². The van der Waals surface area contributed by atoms with E-state index in [9.17, 15) is 19.7 Å². The molecule has 0 bridgehead atoms. The number of furan rings is 1. The van der Waals surface area contributed by atoms with Crippen LogP contribution in [0.1, 0.15) is 17.5 Å². The van der Waals surface area contributed by atoms with Crippen molar-refractivity contribution in [2.45, 2.75) is 6.04 Å². The molecule has 2 aromatic carbocycles. The van der Waals surface area contributed by atoms with Crippen LogP contribution >= 0.6 is 15.9 Å². The molecule has 0 amide bonds. The van der Waals surface area contributed by atoms with Gasteiger partial charge in [0.2, 0.25) is 0 Å². The third kappa shape index (κ3) is 3.02. The van der Waals surface area contributed by atoms with Gasteiger partial charge in [-0.25, -0.2) is 4.79 Å². The number of anilines is 1. The minimum Gasteiger partial charge on any atom is -0.452 e. The summed E-state index contributed by atoms with van der Waals surface area (Å²) in [5.41, 5.74) is 2.32. The highest BCUT2D eigenvalue weighted by Gasteiger charge is 2.36. The topological polar surface area (TPSA) is 117 Å². The van der Waals surface area contributed by atoms with Crippen molar-refractivity contribution in [1.29, 1.82) is 0 Å². The normalized spacial score (nSPS) is 14.4. The Morgan fingerprint density at radius 2 is 1.78 bits per heavy atom. The zero-order valence-electron chi connectivity index (χ0n) is 19.1. The van der Waals surface area contributed by atoms with Gasteiger partial charge in [0.1, 0.15) is 11.8 Å². The van der Waals surface area contributed by atoms with Crippen molar-refractivity contribution in [3.63, 3.8) is 0 Å². The van der Waals surface area contributed by atoms with Crippen LogP contribution in [0.15, 0.2) is 79.3 Å². The fourth-order valence-electron chi connectivity index (χ4n) is 4.94. The molecule has 1 N–H and O–H groups in total. The molecule has 1 unspecified atom stereocenters. The largest absolute Gasteiger partial charge is 0.452 e. The molecular formula is C25H18BrN5O5. The second kappa shape index (κ2) is 7.82. The summed E-state index contributed by atoms with van der Waals surface area (Å²) in [7, 11) is 3.05. The van der Waals surface area contributed by atoms with Crippen molar-refractivity contribution in [2.75, 3.05) is 5.32 Å². The molecule has 0 fully saturated rings. The number of aryl methyl sites for hydroxylation is 1. The second-order valence-corrected chi connectivity index (χ2v) is 9.32. The molecule has 6 rings (SSSR count). The monoisotopic (exact) mass is 547 g/mol. The molecule has 36 heavy (non-hydrogen) atoms. The summed E-state index contributed by atoms with van der Waals surface area (Å²) < 4.78 is 10.8. The third-order valence-electron chi connectivity index (χ3n) is 6.54. The maximum atomic E-state index is 13.6. The van der Waals surface area contributed by atoms with Crippen molar-refractivity contribution >= 4 is 38.2 Å². The summed E-state index contributed by atoms with van der Waals surface area (Å²) in [6.45, 7) is 0. The molecule has 1 aliphatic heterocycles. The summed E-state index contributed by atoms with van der Waals surface area (Å²) >= 11 is 3.35. The fraction of sp³-hybridized carbons (Fsp3) is 0.120. The molecule has 0 aliphatic carbocycles. The summed E-state index contributed by atoms with van der Waals surface area (Å²) in [4.78, 5) is 37.9. The summed E-state index contributed by atoms with van der Waals surface area (Å²) in [5.74, 6) is 0.541. The third-order valence-corrected chi connectivity index (χ3v) is 6.97. The summed E-state index contributed by atoms with van der Waals surface area (Å²) in [6, 6.07) is 16.8. The Balaban J connectivity index is 1.87. The molecule has 0 spiro atoms. The lowest BCUT2D eigenvalue weighted by Gasteiger charge is -2.29. The van der Waals surface area contributed by atoms with Crippen LogP contribution in [-0.2, 0) is 14.1 Å². The van der Waals surface area contributed by atoms with Gasteiger partial charge in [0.05, 0.1) is 38.6 Å². The van der Waals surface area contributed by atoms with Crippen molar-refractivity contribution in [3.05, 3.63) is 108 Å². The Kier molecular flexibility index (Phi) is 4.80. The molecule has 1 atom stereocenters. The van der Waals surface area contributed by atoms with E-state index in [1.807, 2.05) is 34.9 Å². The molecule has 0 saturated carbocycles. The average molecular weight is 548 g/mol. The van der Waals surface area contributed by atoms with E-state index in [0.717, 1.165) is 10.1 Å². The number of nitro groups is 1. The van der Waals surface area contributed by atoms with Crippen molar-refractivity contribution in [2.24, 2.45) is 14.1 Å². The van der Waals surface area contributed by atoms with Crippen LogP contribution in [0.2, 0.25) is 0 Å². The average Bonchev–Trinajstić information content (AvgIpc) is 3.48. The zero-order valence-corrected chi connectivity index (χ0v) is 20.6. The Labute approximate surface area is 211 Å². The van der Waals surface area contributed by atoms with Crippen molar-refractivity contribution < 1.29 is 9.34 Å². The first kappa shape index (κ1) is 22.1. The van der Waals surface area contributed by atoms with Gasteiger partial charge in [-0.1, -0.05) is 30.3 Å². The molecule has 4 heterocycles. The number of halogens is 1. The summed E-state index contributed by atoms with van der Waals surface area (Å²) in [6.07, 6.45) is 0. The molecule has 180 valence electrons. The van der Waals surface area contributed by atoms with E-state index in [0.29, 0.717) is 44.1 Å². The van der Waals surface area contributed by atoms with Gasteiger partial charge in [0, 0.05) is 26.2 Å². The van der Waals surface area contributed by atoms with E-state index >= 15 is 0 Å². The number of nitrogens with zero attached hydrogens (tertiary/aromatic N) is 4. The molecule has 11 heteroatoms. The molecule has 5 aromatic rings. The van der Waals surface area contributed by atoms with Crippen LogP contribution < -0.4 is 16.6 Å². The predicted molar refractivity (Wildman–Crippen MR) is 138 cm³/mol. The van der Waals surface area contributed by atoms with E-state index in [1.54, 1.807) is 25.2 Å². The lowest BCUT2D eigenvalue weighted by atomic mass is 10.0. The van der Waals surface area contributed by atoms with Gasteiger partial charge in [-0.15, -0.1) is 0 Å². The highest BCUT2D eigenvalue weighted by atomic mass is 79.9. The lowest BCUT2D eigenvalue weighted by molar-refractivity contribution is -0.384. The summed E-state index contributed by atoms with van der Waals surface area (Å²) in [5, 5.41) is 15.4. The van der Waals surface area contributed by atoms with Gasteiger partial charge in [-0.3, -0.25) is 24.0 Å². The fourth-order valence-corrected chi connectivity index (χ4v) is 5.25. The van der Waals surface area contributed by atoms with Crippen LogP contribution in [0.3, 0.4) is 0 Å². The number of hydrogen-bond donors (Lipinski definition) is 1. The van der Waals surface area contributed by atoms with Crippen LogP contribution in [0.5, 0.6) is 0 Å². The number of non-ortho nitro benzene ring substituents is 1. The molecule has 1 aliphatic rings.